The summed E-state index contributed by atoms with van der Waals surface area (Å²) < 4.78 is 0. The van der Waals surface area contributed by atoms with Gasteiger partial charge >= 0.3 is 0 Å². The lowest BCUT2D eigenvalue weighted by atomic mass is 10.4. The van der Waals surface area contributed by atoms with Crippen LogP contribution in [0.5, 0.6) is 0 Å². The average molecular weight is 253 g/mol. The molecular weight excluding hydrogens is 234 g/mol. The van der Waals surface area contributed by atoms with Gasteiger partial charge in [-0.05, 0) is 39.2 Å². The summed E-state index contributed by atoms with van der Waals surface area (Å²) in [6.45, 7) is 6.00. The van der Waals surface area contributed by atoms with Gasteiger partial charge in [-0.25, -0.2) is 4.98 Å². The molecule has 4 nitrogen and oxygen atoms in total. The van der Waals surface area contributed by atoms with Gasteiger partial charge in [0.1, 0.15) is 0 Å². The topological polar surface area (TPSA) is 45.2 Å². The second kappa shape index (κ2) is 5.60. The van der Waals surface area contributed by atoms with Crippen molar-refractivity contribution in [2.24, 2.45) is 5.92 Å². The first kappa shape index (κ1) is 12.5. The number of aryl methyl sites for hydroxylation is 1. The van der Waals surface area contributed by atoms with Crippen LogP contribution in [0.4, 0.5) is 5.13 Å². The highest BCUT2D eigenvalue weighted by molar-refractivity contribution is 7.14. The molecule has 1 N–H and O–H groups in total. The minimum Gasteiger partial charge on any atom is -0.308 e. The first-order valence-electron chi connectivity index (χ1n) is 6.14. The number of hydrogen-bond donors (Lipinski definition) is 1. The molecule has 17 heavy (non-hydrogen) atoms. The second-order valence-electron chi connectivity index (χ2n) is 4.48. The van der Waals surface area contributed by atoms with Gasteiger partial charge in [0, 0.05) is 11.9 Å². The zero-order valence-corrected chi connectivity index (χ0v) is 11.2. The Labute approximate surface area is 106 Å². The molecule has 0 atom stereocenters. The number of carbonyl (C=O) groups excluding carboxylic acids is 1. The van der Waals surface area contributed by atoms with Crippen LogP contribution in [0.2, 0.25) is 0 Å². The van der Waals surface area contributed by atoms with Crippen LogP contribution in [0.3, 0.4) is 0 Å². The standard InChI is InChI=1S/C12H19N3OS/c1-3-15(12-14-9(2)8-17-12)11(16)7-13-6-10-4-5-10/h8,10,13H,3-7H2,1-2H3. The van der Waals surface area contributed by atoms with Gasteiger partial charge in [0.2, 0.25) is 5.91 Å². The summed E-state index contributed by atoms with van der Waals surface area (Å²) in [7, 11) is 0. The van der Waals surface area contributed by atoms with E-state index in [4.69, 9.17) is 0 Å². The van der Waals surface area contributed by atoms with E-state index in [1.165, 1.54) is 24.2 Å². The first-order chi connectivity index (χ1) is 8.20. The van der Waals surface area contributed by atoms with Crippen LogP contribution < -0.4 is 10.2 Å². The van der Waals surface area contributed by atoms with E-state index in [9.17, 15) is 4.79 Å². The van der Waals surface area contributed by atoms with Crippen LogP contribution in [0, 0.1) is 12.8 Å². The maximum atomic E-state index is 12.0. The van der Waals surface area contributed by atoms with Crippen LogP contribution in [0.15, 0.2) is 5.38 Å². The number of rotatable bonds is 6. The van der Waals surface area contributed by atoms with E-state index < -0.39 is 0 Å². The molecule has 1 heterocycles. The molecular formula is C12H19N3OS. The van der Waals surface area contributed by atoms with Crippen molar-refractivity contribution in [1.29, 1.82) is 0 Å². The van der Waals surface area contributed by atoms with Crippen molar-refractivity contribution in [1.82, 2.24) is 10.3 Å². The third-order valence-electron chi connectivity index (χ3n) is 2.86. The summed E-state index contributed by atoms with van der Waals surface area (Å²) >= 11 is 1.53. The molecule has 0 spiro atoms. The van der Waals surface area contributed by atoms with Crippen molar-refractivity contribution in [3.8, 4) is 0 Å². The van der Waals surface area contributed by atoms with Crippen LogP contribution in [-0.2, 0) is 4.79 Å². The minimum absolute atomic E-state index is 0.113. The number of anilines is 1. The summed E-state index contributed by atoms with van der Waals surface area (Å²) in [5, 5.41) is 6.01. The first-order valence-corrected chi connectivity index (χ1v) is 7.02. The van der Waals surface area contributed by atoms with Gasteiger partial charge in [0.05, 0.1) is 12.2 Å². The molecule has 0 aromatic carbocycles. The maximum absolute atomic E-state index is 12.0. The second-order valence-corrected chi connectivity index (χ2v) is 5.32. The van der Waals surface area contributed by atoms with E-state index in [1.54, 1.807) is 4.90 Å². The van der Waals surface area contributed by atoms with Crippen molar-refractivity contribution < 1.29 is 4.79 Å². The monoisotopic (exact) mass is 253 g/mol. The molecule has 1 aliphatic carbocycles. The predicted octanol–water partition coefficient (Wildman–Crippen LogP) is 1.80. The normalized spacial score (nSPS) is 14.9. The molecule has 1 saturated carbocycles. The molecule has 0 bridgehead atoms. The third-order valence-corrected chi connectivity index (χ3v) is 3.84. The zero-order chi connectivity index (χ0) is 12.3. The van der Waals surface area contributed by atoms with Crippen LogP contribution in [-0.4, -0.2) is 30.5 Å². The molecule has 2 rings (SSSR count). The Balaban J connectivity index is 1.85. The Kier molecular flexibility index (Phi) is 4.12. The Morgan fingerprint density at radius 2 is 2.41 bits per heavy atom. The average Bonchev–Trinajstić information content (AvgIpc) is 3.02. The highest BCUT2D eigenvalue weighted by atomic mass is 32.1. The summed E-state index contributed by atoms with van der Waals surface area (Å²) in [5.41, 5.74) is 0.974. The summed E-state index contributed by atoms with van der Waals surface area (Å²) in [5.74, 6) is 0.919. The van der Waals surface area contributed by atoms with Gasteiger partial charge in [-0.1, -0.05) is 0 Å². The van der Waals surface area contributed by atoms with E-state index in [0.29, 0.717) is 13.1 Å². The fourth-order valence-electron chi connectivity index (χ4n) is 1.68. The lowest BCUT2D eigenvalue weighted by Crippen LogP contribution is -2.38. The Bertz CT molecular complexity index is 387. The quantitative estimate of drug-likeness (QED) is 0.841. The number of nitrogens with one attached hydrogen (secondary N) is 1. The van der Waals surface area contributed by atoms with Gasteiger partial charge in [0.15, 0.2) is 5.13 Å². The summed E-state index contributed by atoms with van der Waals surface area (Å²) in [6, 6.07) is 0. The molecule has 0 radical (unpaired) electrons. The summed E-state index contributed by atoms with van der Waals surface area (Å²) in [4.78, 5) is 18.1. The third kappa shape index (κ3) is 3.51. The van der Waals surface area contributed by atoms with Gasteiger partial charge in [0.25, 0.3) is 0 Å². The lowest BCUT2D eigenvalue weighted by molar-refractivity contribution is -0.117. The molecule has 1 fully saturated rings. The van der Waals surface area contributed by atoms with Crippen LogP contribution >= 0.6 is 11.3 Å². The Hall–Kier alpha value is -0.940. The number of aromatic nitrogens is 1. The van der Waals surface area contributed by atoms with Crippen molar-refractivity contribution >= 4 is 22.4 Å². The molecule has 0 unspecified atom stereocenters. The molecule has 1 aliphatic rings. The van der Waals surface area contributed by atoms with Crippen molar-refractivity contribution in [3.05, 3.63) is 11.1 Å². The fraction of sp³-hybridized carbons (Fsp3) is 0.667. The number of nitrogens with zero attached hydrogens (tertiary/aromatic N) is 2. The van der Waals surface area contributed by atoms with E-state index in [-0.39, 0.29) is 5.91 Å². The Morgan fingerprint density at radius 3 is 2.94 bits per heavy atom. The smallest absolute Gasteiger partial charge is 0.242 e. The number of carbonyl (C=O) groups is 1. The van der Waals surface area contributed by atoms with Gasteiger partial charge < -0.3 is 5.32 Å². The minimum atomic E-state index is 0.113. The SMILES string of the molecule is CCN(C(=O)CNCC1CC1)c1nc(C)cs1. The zero-order valence-electron chi connectivity index (χ0n) is 10.4. The van der Waals surface area contributed by atoms with E-state index in [1.807, 2.05) is 19.2 Å². The van der Waals surface area contributed by atoms with E-state index in [2.05, 4.69) is 10.3 Å². The van der Waals surface area contributed by atoms with Gasteiger partial charge in [-0.2, -0.15) is 0 Å². The molecule has 0 aliphatic heterocycles. The molecule has 1 aromatic rings. The van der Waals surface area contributed by atoms with E-state index in [0.717, 1.165) is 23.3 Å². The number of hydrogen-bond acceptors (Lipinski definition) is 4. The van der Waals surface area contributed by atoms with Crippen LogP contribution in [0.25, 0.3) is 0 Å². The lowest BCUT2D eigenvalue weighted by Gasteiger charge is -2.17. The van der Waals surface area contributed by atoms with Gasteiger partial charge in [-0.15, -0.1) is 11.3 Å². The van der Waals surface area contributed by atoms with Crippen molar-refractivity contribution in [2.45, 2.75) is 26.7 Å². The summed E-state index contributed by atoms with van der Waals surface area (Å²) in [6.07, 6.45) is 2.62. The van der Waals surface area contributed by atoms with E-state index >= 15 is 0 Å². The molecule has 1 aromatic heterocycles. The predicted molar refractivity (Wildman–Crippen MR) is 70.5 cm³/mol. The molecule has 0 saturated heterocycles. The highest BCUT2D eigenvalue weighted by Gasteiger charge is 2.22. The van der Waals surface area contributed by atoms with Gasteiger partial charge in [-0.3, -0.25) is 9.69 Å². The van der Waals surface area contributed by atoms with Crippen LogP contribution in [0.1, 0.15) is 25.5 Å². The molecule has 1 amide bonds. The number of amides is 1. The number of likely N-dealkylation sites (N-methyl/N-ethyl adjacent to an activating group) is 1. The van der Waals surface area contributed by atoms with Crippen molar-refractivity contribution in [2.75, 3.05) is 24.5 Å². The highest BCUT2D eigenvalue weighted by Crippen LogP contribution is 2.27. The maximum Gasteiger partial charge on any atom is 0.242 e. The fourth-order valence-corrected chi connectivity index (χ4v) is 2.57. The number of thiazole rings is 1. The largest absolute Gasteiger partial charge is 0.308 e. The molecule has 5 heteroatoms. The Morgan fingerprint density at radius 1 is 1.65 bits per heavy atom. The van der Waals surface area contributed by atoms with Crippen molar-refractivity contribution in [3.63, 3.8) is 0 Å². The molecule has 94 valence electrons.